The molecule has 0 rings (SSSR count). The van der Waals surface area contributed by atoms with Crippen LogP contribution in [0, 0.1) is 0 Å². The van der Waals surface area contributed by atoms with E-state index < -0.39 is 43.5 Å². The van der Waals surface area contributed by atoms with Crippen LogP contribution < -0.4 is 0 Å². The molecule has 0 fully saturated rings. The Morgan fingerprint density at radius 2 is 1.10 bits per heavy atom. The van der Waals surface area contributed by atoms with Gasteiger partial charge in [0.25, 0.3) is 0 Å². The van der Waals surface area contributed by atoms with Crippen molar-refractivity contribution >= 4 is 25.2 Å². The lowest BCUT2D eigenvalue weighted by Gasteiger charge is -2.38. The lowest BCUT2D eigenvalue weighted by atomic mass is 10.3. The largest absolute Gasteiger partial charge is 0.437 e. The average Bonchev–Trinajstić information content (AvgIpc) is 2.61. The quantitative estimate of drug-likeness (QED) is 0.152. The molecule has 31 heavy (non-hydrogen) atoms. The lowest BCUT2D eigenvalue weighted by Crippen LogP contribution is -2.52. The zero-order chi connectivity index (χ0) is 24.1. The van der Waals surface area contributed by atoms with Crippen LogP contribution in [0.4, 0.5) is 0 Å². The SMILES string of the molecule is C[Si](C)(C)O[Si](C)(CCCOC(COCC(O)CO)COCC(O)CO)O[Si](C)(C)C. The summed E-state index contributed by atoms with van der Waals surface area (Å²) in [6.45, 7) is 15.3. The van der Waals surface area contributed by atoms with Gasteiger partial charge >= 0.3 is 8.56 Å². The van der Waals surface area contributed by atoms with Gasteiger partial charge < -0.3 is 42.9 Å². The molecule has 0 saturated carbocycles. The van der Waals surface area contributed by atoms with E-state index in [1.807, 2.05) is 0 Å². The Hall–Kier alpha value is 0.291. The molecule has 9 nitrogen and oxygen atoms in total. The molecule has 0 aliphatic rings. The summed E-state index contributed by atoms with van der Waals surface area (Å²) in [6, 6.07) is 0.822. The molecule has 0 amide bonds. The molecule has 0 saturated heterocycles. The molecular weight excluding hydrogens is 456 g/mol. The number of hydrogen-bond acceptors (Lipinski definition) is 9. The highest BCUT2D eigenvalue weighted by Gasteiger charge is 2.39. The van der Waals surface area contributed by atoms with E-state index in [2.05, 4.69) is 45.8 Å². The van der Waals surface area contributed by atoms with E-state index in [1.54, 1.807) is 0 Å². The second kappa shape index (κ2) is 15.2. The van der Waals surface area contributed by atoms with Crippen LogP contribution in [0.5, 0.6) is 0 Å². The molecule has 0 aliphatic heterocycles. The molecule has 0 aliphatic carbocycles. The van der Waals surface area contributed by atoms with Crippen LogP contribution >= 0.6 is 0 Å². The average molecular weight is 503 g/mol. The number of aliphatic hydroxyl groups excluding tert-OH is 4. The van der Waals surface area contributed by atoms with Gasteiger partial charge in [-0.2, -0.15) is 0 Å². The van der Waals surface area contributed by atoms with Crippen LogP contribution in [0.1, 0.15) is 6.42 Å². The minimum atomic E-state index is -2.32. The fourth-order valence-corrected chi connectivity index (χ4v) is 15.5. The van der Waals surface area contributed by atoms with Crippen LogP contribution in [0.3, 0.4) is 0 Å². The Bertz CT molecular complexity index is 426. The Labute approximate surface area is 191 Å². The van der Waals surface area contributed by atoms with Crippen molar-refractivity contribution in [3.05, 3.63) is 0 Å². The minimum absolute atomic E-state index is 0.00525. The maximum Gasteiger partial charge on any atom is 0.314 e. The first-order valence-corrected chi connectivity index (χ1v) is 20.3. The maximum atomic E-state index is 9.42. The van der Waals surface area contributed by atoms with Crippen molar-refractivity contribution in [1.82, 2.24) is 0 Å². The number of hydrogen-bond donors (Lipinski definition) is 4. The van der Waals surface area contributed by atoms with E-state index >= 15 is 0 Å². The molecule has 0 aromatic rings. The number of rotatable bonds is 19. The van der Waals surface area contributed by atoms with Crippen LogP contribution in [-0.4, -0.2) is 110 Å². The first-order chi connectivity index (χ1) is 14.2. The van der Waals surface area contributed by atoms with Crippen molar-refractivity contribution in [2.75, 3.05) is 46.2 Å². The molecule has 4 N–H and O–H groups in total. The highest BCUT2D eigenvalue weighted by atomic mass is 28.5. The van der Waals surface area contributed by atoms with Gasteiger partial charge in [-0.1, -0.05) is 0 Å². The van der Waals surface area contributed by atoms with E-state index in [0.29, 0.717) is 6.61 Å². The Morgan fingerprint density at radius 3 is 1.45 bits per heavy atom. The lowest BCUT2D eigenvalue weighted by molar-refractivity contribution is -0.0874. The summed E-state index contributed by atoms with van der Waals surface area (Å²) in [6.07, 6.45) is -1.52. The highest BCUT2D eigenvalue weighted by molar-refractivity contribution is 6.87. The van der Waals surface area contributed by atoms with Gasteiger partial charge in [0, 0.05) is 6.61 Å². The van der Waals surface area contributed by atoms with Gasteiger partial charge in [0.15, 0.2) is 16.6 Å². The summed E-state index contributed by atoms with van der Waals surface area (Å²) in [5.41, 5.74) is 0. The van der Waals surface area contributed by atoms with Gasteiger partial charge in [-0.3, -0.25) is 0 Å². The Morgan fingerprint density at radius 1 is 0.677 bits per heavy atom. The van der Waals surface area contributed by atoms with E-state index in [9.17, 15) is 10.2 Å². The van der Waals surface area contributed by atoms with E-state index in [1.165, 1.54) is 0 Å². The van der Waals surface area contributed by atoms with Crippen molar-refractivity contribution < 1.29 is 42.9 Å². The molecule has 2 unspecified atom stereocenters. The maximum absolute atomic E-state index is 9.42. The first kappa shape index (κ1) is 31.3. The summed E-state index contributed by atoms with van der Waals surface area (Å²) >= 11 is 0. The third-order valence-electron chi connectivity index (χ3n) is 3.82. The Kier molecular flexibility index (Phi) is 15.4. The molecule has 0 spiro atoms. The second-order valence-electron chi connectivity index (χ2n) is 9.91. The topological polar surface area (TPSA) is 127 Å². The zero-order valence-electron chi connectivity index (χ0n) is 20.4. The smallest absolute Gasteiger partial charge is 0.314 e. The monoisotopic (exact) mass is 502 g/mol. The number of ether oxygens (including phenoxy) is 3. The molecular formula is C19H46O9Si3. The van der Waals surface area contributed by atoms with Crippen molar-refractivity contribution in [3.8, 4) is 0 Å². The van der Waals surface area contributed by atoms with Crippen molar-refractivity contribution in [2.45, 2.75) is 76.6 Å². The predicted molar refractivity (Wildman–Crippen MR) is 127 cm³/mol. The summed E-state index contributed by atoms with van der Waals surface area (Å²) < 4.78 is 29.7. The van der Waals surface area contributed by atoms with Crippen molar-refractivity contribution in [2.24, 2.45) is 0 Å². The van der Waals surface area contributed by atoms with E-state index in [-0.39, 0.29) is 39.6 Å². The molecule has 0 radical (unpaired) electrons. The van der Waals surface area contributed by atoms with Gasteiger partial charge in [0.1, 0.15) is 18.3 Å². The van der Waals surface area contributed by atoms with Crippen LogP contribution in [0.25, 0.3) is 0 Å². The normalized spacial score (nSPS) is 16.4. The zero-order valence-corrected chi connectivity index (χ0v) is 23.4. The third-order valence-corrected chi connectivity index (χ3v) is 13.4. The highest BCUT2D eigenvalue weighted by Crippen LogP contribution is 2.25. The standard InChI is InChI=1S/C19H46O9Si3/c1-29(2,3)27-31(7,28-30(4,5)6)10-8-9-26-19(15-24-13-17(22)11-20)16-25-14-18(23)12-21/h17-23H,8-16H2,1-7H3. The predicted octanol–water partition coefficient (Wildman–Crippen LogP) is 1.28. The minimum Gasteiger partial charge on any atom is -0.437 e. The van der Waals surface area contributed by atoms with Gasteiger partial charge in [-0.15, -0.1) is 0 Å². The van der Waals surface area contributed by atoms with Crippen LogP contribution in [0.15, 0.2) is 0 Å². The summed E-state index contributed by atoms with van der Waals surface area (Å²) in [7, 11) is -5.82. The molecule has 12 heteroatoms. The fraction of sp³-hybridized carbons (Fsp3) is 1.00. The van der Waals surface area contributed by atoms with Crippen molar-refractivity contribution in [3.63, 3.8) is 0 Å². The van der Waals surface area contributed by atoms with Gasteiger partial charge in [-0.25, -0.2) is 0 Å². The third kappa shape index (κ3) is 18.4. The fourth-order valence-electron chi connectivity index (χ4n) is 2.98. The first-order valence-electron chi connectivity index (χ1n) is 10.9. The molecule has 188 valence electrons. The molecule has 0 aromatic carbocycles. The molecule has 0 bridgehead atoms. The second-order valence-corrected chi connectivity index (χ2v) is 22.8. The van der Waals surface area contributed by atoms with Crippen molar-refractivity contribution in [1.29, 1.82) is 0 Å². The number of aliphatic hydroxyl groups is 4. The molecule has 0 aromatic heterocycles. The van der Waals surface area contributed by atoms with Gasteiger partial charge in [0.2, 0.25) is 0 Å². The van der Waals surface area contributed by atoms with Crippen LogP contribution in [-0.2, 0) is 22.4 Å². The summed E-state index contributed by atoms with van der Waals surface area (Å²) in [5.74, 6) is 0. The Balaban J connectivity index is 4.69. The van der Waals surface area contributed by atoms with Crippen LogP contribution in [0.2, 0.25) is 51.9 Å². The van der Waals surface area contributed by atoms with Gasteiger partial charge in [-0.05, 0) is 58.3 Å². The summed E-state index contributed by atoms with van der Waals surface area (Å²) in [5, 5.41) is 36.6. The molecule has 0 heterocycles. The van der Waals surface area contributed by atoms with Gasteiger partial charge in [0.05, 0.1) is 39.6 Å². The molecule has 2 atom stereocenters. The summed E-state index contributed by atoms with van der Waals surface area (Å²) in [4.78, 5) is 0. The van der Waals surface area contributed by atoms with E-state index in [0.717, 1.165) is 12.5 Å². The van der Waals surface area contributed by atoms with E-state index in [4.69, 9.17) is 32.7 Å².